The van der Waals surface area contributed by atoms with Gasteiger partial charge in [0.1, 0.15) is 0 Å². The lowest BCUT2D eigenvalue weighted by Gasteiger charge is -2.22. The molecule has 0 fully saturated rings. The maximum atomic E-state index is 5.81. The zero-order valence-electron chi connectivity index (χ0n) is 9.03. The van der Waals surface area contributed by atoms with Crippen LogP contribution in [0.3, 0.4) is 0 Å². The predicted molar refractivity (Wildman–Crippen MR) is 63.4 cm³/mol. The summed E-state index contributed by atoms with van der Waals surface area (Å²) in [5.41, 5.74) is 9.42. The summed E-state index contributed by atoms with van der Waals surface area (Å²) in [4.78, 5) is 2.21. The number of aryl methyl sites for hydroxylation is 1. The van der Waals surface area contributed by atoms with E-state index in [2.05, 4.69) is 30.0 Å². The topological polar surface area (TPSA) is 29.3 Å². The summed E-state index contributed by atoms with van der Waals surface area (Å²) in [5.74, 6) is 2.68. The molecular weight excluding hydrogens is 184 g/mol. The van der Waals surface area contributed by atoms with Gasteiger partial charge in [0.2, 0.25) is 0 Å². The number of terminal acetylenes is 1. The van der Waals surface area contributed by atoms with Gasteiger partial charge >= 0.3 is 0 Å². The summed E-state index contributed by atoms with van der Waals surface area (Å²) < 4.78 is 0. The van der Waals surface area contributed by atoms with E-state index in [1.807, 2.05) is 6.07 Å². The fraction of sp³-hybridized carbons (Fsp3) is 0.385. The quantitative estimate of drug-likeness (QED) is 0.583. The van der Waals surface area contributed by atoms with Gasteiger partial charge in [0, 0.05) is 11.7 Å². The molecule has 0 spiro atoms. The first-order chi connectivity index (χ1) is 7.22. The average Bonchev–Trinajstić information content (AvgIpc) is 2.60. The summed E-state index contributed by atoms with van der Waals surface area (Å²) in [7, 11) is 2.07. The van der Waals surface area contributed by atoms with Gasteiger partial charge in [0.25, 0.3) is 0 Å². The minimum absolute atomic E-state index is 0.444. The molecule has 0 heterocycles. The zero-order valence-corrected chi connectivity index (χ0v) is 9.03. The number of hydrogen-bond acceptors (Lipinski definition) is 2. The van der Waals surface area contributed by atoms with Crippen molar-refractivity contribution >= 4 is 5.69 Å². The normalized spacial score (nSPS) is 18.9. The van der Waals surface area contributed by atoms with Crippen molar-refractivity contribution in [2.75, 3.05) is 19.3 Å². The molecule has 1 aromatic carbocycles. The molecule has 2 nitrogen and oxygen atoms in total. The molecule has 15 heavy (non-hydrogen) atoms. The van der Waals surface area contributed by atoms with Crippen molar-refractivity contribution in [1.29, 1.82) is 0 Å². The molecular formula is C13H16N2. The summed E-state index contributed by atoms with van der Waals surface area (Å²) in [6.07, 6.45) is 7.61. The fourth-order valence-corrected chi connectivity index (χ4v) is 2.31. The van der Waals surface area contributed by atoms with Crippen molar-refractivity contribution in [2.24, 2.45) is 0 Å². The van der Waals surface area contributed by atoms with E-state index in [1.165, 1.54) is 11.1 Å². The largest absolute Gasteiger partial charge is 0.399 e. The Morgan fingerprint density at radius 3 is 3.13 bits per heavy atom. The maximum absolute atomic E-state index is 5.81. The Bertz CT molecular complexity index is 403. The number of fused-ring (bicyclic) bond motifs is 1. The molecule has 1 aliphatic rings. The molecule has 1 aromatic rings. The summed E-state index contributed by atoms with van der Waals surface area (Å²) in [6.45, 7) is 0.693. The van der Waals surface area contributed by atoms with Crippen molar-refractivity contribution < 1.29 is 0 Å². The van der Waals surface area contributed by atoms with Gasteiger partial charge in [-0.1, -0.05) is 12.0 Å². The highest BCUT2D eigenvalue weighted by molar-refractivity contribution is 5.48. The molecule has 2 rings (SSSR count). The first-order valence-electron chi connectivity index (χ1n) is 5.24. The van der Waals surface area contributed by atoms with Crippen molar-refractivity contribution in [2.45, 2.75) is 18.9 Å². The molecule has 0 saturated carbocycles. The standard InChI is InChI=1S/C13H16N2/c1-3-8-15(2)13-7-5-10-4-6-11(14)9-12(10)13/h1,4,6,9,13H,5,7-8,14H2,2H3/t13-/m0/s1. The van der Waals surface area contributed by atoms with Crippen LogP contribution in [-0.2, 0) is 6.42 Å². The fourth-order valence-electron chi connectivity index (χ4n) is 2.31. The van der Waals surface area contributed by atoms with Gasteiger partial charge in [0.15, 0.2) is 0 Å². The third-order valence-electron chi connectivity index (χ3n) is 3.09. The van der Waals surface area contributed by atoms with Gasteiger partial charge < -0.3 is 5.73 Å². The van der Waals surface area contributed by atoms with Crippen molar-refractivity contribution in [3.8, 4) is 12.3 Å². The van der Waals surface area contributed by atoms with Gasteiger partial charge in [0.05, 0.1) is 6.54 Å². The second-order valence-corrected chi connectivity index (χ2v) is 4.13. The molecule has 1 aliphatic carbocycles. The highest BCUT2D eigenvalue weighted by Gasteiger charge is 2.25. The minimum Gasteiger partial charge on any atom is -0.399 e. The number of nitrogen functional groups attached to an aromatic ring is 1. The maximum Gasteiger partial charge on any atom is 0.0601 e. The van der Waals surface area contributed by atoms with Crippen LogP contribution in [0, 0.1) is 12.3 Å². The Labute approximate surface area is 91.1 Å². The third-order valence-corrected chi connectivity index (χ3v) is 3.09. The van der Waals surface area contributed by atoms with Gasteiger partial charge in [-0.05, 0) is 43.1 Å². The molecule has 1 atom stereocenters. The summed E-state index contributed by atoms with van der Waals surface area (Å²) in [5, 5.41) is 0. The van der Waals surface area contributed by atoms with Crippen LogP contribution >= 0.6 is 0 Å². The van der Waals surface area contributed by atoms with E-state index in [-0.39, 0.29) is 0 Å². The lowest BCUT2D eigenvalue weighted by atomic mass is 10.1. The first-order valence-corrected chi connectivity index (χ1v) is 5.24. The molecule has 0 aliphatic heterocycles. The Morgan fingerprint density at radius 1 is 1.60 bits per heavy atom. The van der Waals surface area contributed by atoms with E-state index in [0.29, 0.717) is 12.6 Å². The SMILES string of the molecule is C#CCN(C)[C@H]1CCc2ccc(N)cc21. The van der Waals surface area contributed by atoms with E-state index < -0.39 is 0 Å². The Hall–Kier alpha value is -1.46. The van der Waals surface area contributed by atoms with Crippen LogP contribution in [0.25, 0.3) is 0 Å². The Balaban J connectivity index is 2.28. The highest BCUT2D eigenvalue weighted by atomic mass is 15.1. The van der Waals surface area contributed by atoms with E-state index in [1.54, 1.807) is 0 Å². The van der Waals surface area contributed by atoms with E-state index >= 15 is 0 Å². The van der Waals surface area contributed by atoms with E-state index in [4.69, 9.17) is 12.2 Å². The van der Waals surface area contributed by atoms with Crippen LogP contribution in [0.4, 0.5) is 5.69 Å². The van der Waals surface area contributed by atoms with Crippen LogP contribution in [0.2, 0.25) is 0 Å². The zero-order chi connectivity index (χ0) is 10.8. The van der Waals surface area contributed by atoms with E-state index in [0.717, 1.165) is 18.5 Å². The first kappa shape index (κ1) is 10.1. The van der Waals surface area contributed by atoms with Gasteiger partial charge in [-0.25, -0.2) is 0 Å². The number of nitrogens with two attached hydrogens (primary N) is 1. The van der Waals surface area contributed by atoms with Gasteiger partial charge in [-0.3, -0.25) is 4.90 Å². The third kappa shape index (κ3) is 1.84. The monoisotopic (exact) mass is 200 g/mol. The van der Waals surface area contributed by atoms with Crippen LogP contribution < -0.4 is 5.73 Å². The Morgan fingerprint density at radius 2 is 2.40 bits per heavy atom. The number of hydrogen-bond donors (Lipinski definition) is 1. The molecule has 0 bridgehead atoms. The summed E-state index contributed by atoms with van der Waals surface area (Å²) in [6, 6.07) is 6.64. The summed E-state index contributed by atoms with van der Waals surface area (Å²) >= 11 is 0. The molecule has 78 valence electrons. The molecule has 0 radical (unpaired) electrons. The number of benzene rings is 1. The van der Waals surface area contributed by atoms with E-state index in [9.17, 15) is 0 Å². The van der Waals surface area contributed by atoms with Crippen molar-refractivity contribution in [1.82, 2.24) is 4.90 Å². The van der Waals surface area contributed by atoms with Crippen LogP contribution in [0.5, 0.6) is 0 Å². The van der Waals surface area contributed by atoms with Crippen LogP contribution in [-0.4, -0.2) is 18.5 Å². The minimum atomic E-state index is 0.444. The van der Waals surface area contributed by atoms with Crippen LogP contribution in [0.1, 0.15) is 23.6 Å². The smallest absolute Gasteiger partial charge is 0.0601 e. The van der Waals surface area contributed by atoms with Crippen molar-refractivity contribution in [3.63, 3.8) is 0 Å². The Kier molecular flexibility index (Phi) is 2.66. The second-order valence-electron chi connectivity index (χ2n) is 4.13. The van der Waals surface area contributed by atoms with Crippen molar-refractivity contribution in [3.05, 3.63) is 29.3 Å². The lowest BCUT2D eigenvalue weighted by molar-refractivity contribution is 0.274. The lowest BCUT2D eigenvalue weighted by Crippen LogP contribution is -2.23. The molecule has 0 aromatic heterocycles. The molecule has 2 heteroatoms. The predicted octanol–water partition coefficient (Wildman–Crippen LogP) is 1.82. The number of anilines is 1. The molecule has 0 unspecified atom stereocenters. The number of rotatable bonds is 2. The molecule has 0 amide bonds. The molecule has 2 N–H and O–H groups in total. The second kappa shape index (κ2) is 3.96. The highest BCUT2D eigenvalue weighted by Crippen LogP contribution is 2.35. The van der Waals surface area contributed by atoms with Crippen LogP contribution in [0.15, 0.2) is 18.2 Å². The average molecular weight is 200 g/mol. The van der Waals surface area contributed by atoms with Gasteiger partial charge in [-0.2, -0.15) is 0 Å². The van der Waals surface area contributed by atoms with Gasteiger partial charge in [-0.15, -0.1) is 6.42 Å². The molecule has 0 saturated heterocycles. The number of nitrogens with zero attached hydrogens (tertiary/aromatic N) is 1.